The summed E-state index contributed by atoms with van der Waals surface area (Å²) in [7, 11) is 1.60. The van der Waals surface area contributed by atoms with Gasteiger partial charge in [0, 0.05) is 52.6 Å². The van der Waals surface area contributed by atoms with E-state index in [-0.39, 0.29) is 34.3 Å². The van der Waals surface area contributed by atoms with Crippen molar-refractivity contribution in [1.82, 2.24) is 24.5 Å². The molecule has 0 unspecified atom stereocenters. The summed E-state index contributed by atoms with van der Waals surface area (Å²) in [5.41, 5.74) is 0.974. The largest absolute Gasteiger partial charge is 0.385 e. The highest BCUT2D eigenvalue weighted by Gasteiger charge is 2.44. The van der Waals surface area contributed by atoms with Crippen LogP contribution in [0.15, 0.2) is 48.7 Å². The third kappa shape index (κ3) is 4.16. The molecule has 2 aliphatic rings. The predicted molar refractivity (Wildman–Crippen MR) is 152 cm³/mol. The SMILES string of the molecule is [2H]C([2H])([2H])c1nnn(C)c1-c1cnc2c3ccc([C@@](C)(O)C4CC4)c(F)c3n([C@H](c3ccccc3F)C3CCOCC3)c2c1. The van der Waals surface area contributed by atoms with Crippen LogP contribution in [0.2, 0.25) is 0 Å². The normalized spacial score (nSPS) is 20.1. The first kappa shape index (κ1) is 22.9. The number of rotatable bonds is 6. The fourth-order valence-electron chi connectivity index (χ4n) is 6.66. The molecule has 2 aromatic carbocycles. The standard InChI is InChI=1S/C32H33F2N5O2/c1-18-29(38(3)37-36-18)20-16-26-28(35-17-20)23-10-11-24(32(2,40)21-8-9-21)27(34)31(23)39(26)30(19-12-14-41-15-13-19)22-6-4-5-7-25(22)33/h4-7,10-11,16-17,19,21,30,40H,8-9,12-15H2,1-3H3/t30-,32-/m0/s1/i1D3. The molecule has 1 saturated heterocycles. The summed E-state index contributed by atoms with van der Waals surface area (Å²) < 4.78 is 65.7. The van der Waals surface area contributed by atoms with Crippen LogP contribution >= 0.6 is 0 Å². The third-order valence-electron chi connectivity index (χ3n) is 8.97. The van der Waals surface area contributed by atoms with Crippen molar-refractivity contribution in [2.45, 2.75) is 51.1 Å². The van der Waals surface area contributed by atoms with Crippen LogP contribution in [0, 0.1) is 30.3 Å². The Balaban J connectivity index is 1.58. The quantitative estimate of drug-likeness (QED) is 0.267. The van der Waals surface area contributed by atoms with Crippen LogP contribution in [0.1, 0.15) is 59.6 Å². The maximum Gasteiger partial charge on any atom is 0.153 e. The first-order chi connectivity index (χ1) is 21.0. The van der Waals surface area contributed by atoms with E-state index in [1.807, 2.05) is 4.57 Å². The first-order valence-corrected chi connectivity index (χ1v) is 14.1. The molecule has 1 saturated carbocycles. The predicted octanol–water partition coefficient (Wildman–Crippen LogP) is 6.21. The Hall–Kier alpha value is -3.69. The lowest BCUT2D eigenvalue weighted by molar-refractivity contribution is 0.0297. The van der Waals surface area contributed by atoms with E-state index in [0.29, 0.717) is 53.6 Å². The molecule has 4 heterocycles. The van der Waals surface area contributed by atoms with Gasteiger partial charge in [0.2, 0.25) is 0 Å². The molecular formula is C32H33F2N5O2. The number of hydrogen-bond acceptors (Lipinski definition) is 5. The monoisotopic (exact) mass is 560 g/mol. The Kier molecular flexibility index (Phi) is 5.43. The molecule has 2 atom stereocenters. The topological polar surface area (TPSA) is 78.0 Å². The molecule has 1 aliphatic heterocycles. The van der Waals surface area contributed by atoms with Gasteiger partial charge in [0.15, 0.2) is 5.82 Å². The van der Waals surface area contributed by atoms with E-state index < -0.39 is 30.1 Å². The molecule has 0 radical (unpaired) electrons. The maximum absolute atomic E-state index is 17.0. The average Bonchev–Trinajstić information content (AvgIpc) is 3.71. The number of aromatic nitrogens is 5. The van der Waals surface area contributed by atoms with Gasteiger partial charge in [-0.05, 0) is 63.4 Å². The van der Waals surface area contributed by atoms with Gasteiger partial charge in [-0.15, -0.1) is 5.10 Å². The second-order valence-electron chi connectivity index (χ2n) is 11.5. The van der Waals surface area contributed by atoms with Crippen LogP contribution in [0.3, 0.4) is 0 Å². The fraction of sp³-hybridized carbons (Fsp3) is 0.406. The van der Waals surface area contributed by atoms with E-state index in [4.69, 9.17) is 13.8 Å². The molecule has 7 nitrogen and oxygen atoms in total. The molecule has 41 heavy (non-hydrogen) atoms. The van der Waals surface area contributed by atoms with Crippen molar-refractivity contribution in [2.24, 2.45) is 18.9 Å². The zero-order valence-corrected chi connectivity index (χ0v) is 22.9. The van der Waals surface area contributed by atoms with Gasteiger partial charge < -0.3 is 14.4 Å². The van der Waals surface area contributed by atoms with Crippen LogP contribution in [0.5, 0.6) is 0 Å². The van der Waals surface area contributed by atoms with Crippen molar-refractivity contribution in [2.75, 3.05) is 13.2 Å². The lowest BCUT2D eigenvalue weighted by atomic mass is 9.86. The zero-order chi connectivity index (χ0) is 31.0. The molecule has 0 bridgehead atoms. The molecule has 1 N–H and O–H groups in total. The van der Waals surface area contributed by atoms with Crippen molar-refractivity contribution < 1.29 is 22.7 Å². The van der Waals surface area contributed by atoms with Crippen molar-refractivity contribution in [3.05, 3.63) is 77.1 Å². The molecule has 0 spiro atoms. The number of halogens is 2. The van der Waals surface area contributed by atoms with Crippen LogP contribution in [-0.2, 0) is 17.4 Å². The highest BCUT2D eigenvalue weighted by Crippen LogP contribution is 2.49. The number of fused-ring (bicyclic) bond motifs is 3. The van der Waals surface area contributed by atoms with Gasteiger partial charge in [-0.1, -0.05) is 35.5 Å². The molecule has 7 rings (SSSR count). The zero-order valence-electron chi connectivity index (χ0n) is 25.9. The second-order valence-corrected chi connectivity index (χ2v) is 11.5. The van der Waals surface area contributed by atoms with Gasteiger partial charge in [0.05, 0.1) is 39.6 Å². The van der Waals surface area contributed by atoms with Crippen molar-refractivity contribution in [3.8, 4) is 11.3 Å². The highest BCUT2D eigenvalue weighted by atomic mass is 19.1. The van der Waals surface area contributed by atoms with E-state index in [2.05, 4.69) is 10.3 Å². The third-order valence-corrected chi connectivity index (χ3v) is 8.97. The number of ether oxygens (including phenoxy) is 1. The Bertz CT molecular complexity index is 1890. The summed E-state index contributed by atoms with van der Waals surface area (Å²) in [6, 6.07) is 11.1. The van der Waals surface area contributed by atoms with E-state index in [0.717, 1.165) is 12.8 Å². The highest BCUT2D eigenvalue weighted by molar-refractivity contribution is 6.07. The van der Waals surface area contributed by atoms with Crippen LogP contribution in [0.4, 0.5) is 8.78 Å². The lowest BCUT2D eigenvalue weighted by Crippen LogP contribution is -2.28. The van der Waals surface area contributed by atoms with Crippen molar-refractivity contribution in [1.29, 1.82) is 0 Å². The van der Waals surface area contributed by atoms with Crippen LogP contribution in [-0.4, -0.2) is 42.9 Å². The smallest absolute Gasteiger partial charge is 0.153 e. The second kappa shape index (κ2) is 9.70. The van der Waals surface area contributed by atoms with Gasteiger partial charge in [-0.2, -0.15) is 0 Å². The van der Waals surface area contributed by atoms with Gasteiger partial charge >= 0.3 is 0 Å². The summed E-state index contributed by atoms with van der Waals surface area (Å²) in [6.07, 6.45) is 4.41. The van der Waals surface area contributed by atoms with E-state index in [1.165, 1.54) is 10.7 Å². The molecule has 212 valence electrons. The van der Waals surface area contributed by atoms with Gasteiger partial charge in [-0.25, -0.2) is 13.5 Å². The van der Waals surface area contributed by atoms with E-state index in [1.54, 1.807) is 56.6 Å². The average molecular weight is 561 g/mol. The number of aryl methyl sites for hydroxylation is 2. The summed E-state index contributed by atoms with van der Waals surface area (Å²) in [6.45, 7) is 0.0985. The molecule has 5 aromatic rings. The summed E-state index contributed by atoms with van der Waals surface area (Å²) in [5.74, 6) is -1.14. The molecule has 0 amide bonds. The van der Waals surface area contributed by atoms with Crippen LogP contribution < -0.4 is 0 Å². The molecule has 1 aliphatic carbocycles. The molecule has 3 aromatic heterocycles. The summed E-state index contributed by atoms with van der Waals surface area (Å²) in [4.78, 5) is 4.75. The van der Waals surface area contributed by atoms with Crippen molar-refractivity contribution in [3.63, 3.8) is 0 Å². The fourth-order valence-corrected chi connectivity index (χ4v) is 6.66. The minimum Gasteiger partial charge on any atom is -0.385 e. The van der Waals surface area contributed by atoms with Gasteiger partial charge in [-0.3, -0.25) is 4.98 Å². The van der Waals surface area contributed by atoms with Gasteiger partial charge in [0.25, 0.3) is 0 Å². The minimum absolute atomic E-state index is 0.0505. The minimum atomic E-state index is -2.53. The number of benzene rings is 2. The molecular weight excluding hydrogens is 524 g/mol. The van der Waals surface area contributed by atoms with Crippen molar-refractivity contribution >= 4 is 21.9 Å². The summed E-state index contributed by atoms with van der Waals surface area (Å²) >= 11 is 0. The molecule has 2 fully saturated rings. The van der Waals surface area contributed by atoms with Gasteiger partial charge in [0.1, 0.15) is 5.82 Å². The Morgan fingerprint density at radius 2 is 1.90 bits per heavy atom. The maximum atomic E-state index is 17.0. The summed E-state index contributed by atoms with van der Waals surface area (Å²) in [5, 5.41) is 19.9. The number of hydrogen-bond donors (Lipinski definition) is 1. The number of aliphatic hydroxyl groups is 1. The first-order valence-electron chi connectivity index (χ1n) is 15.6. The number of pyridine rings is 1. The van der Waals surface area contributed by atoms with E-state index in [9.17, 15) is 5.11 Å². The van der Waals surface area contributed by atoms with Crippen LogP contribution in [0.25, 0.3) is 33.2 Å². The lowest BCUT2D eigenvalue weighted by Gasteiger charge is -2.33. The Morgan fingerprint density at radius 1 is 1.12 bits per heavy atom. The molecule has 9 heteroatoms. The van der Waals surface area contributed by atoms with E-state index >= 15 is 8.78 Å². The number of nitrogens with zero attached hydrogens (tertiary/aromatic N) is 5. The Labute approximate surface area is 241 Å². The Morgan fingerprint density at radius 3 is 2.63 bits per heavy atom.